The average molecular weight is 282 g/mol. The predicted molar refractivity (Wildman–Crippen MR) is 80.4 cm³/mol. The van der Waals surface area contributed by atoms with E-state index in [9.17, 15) is 4.79 Å². The number of rotatable bonds is 5. The van der Waals surface area contributed by atoms with Gasteiger partial charge in [0.05, 0.1) is 12.5 Å². The monoisotopic (exact) mass is 282 g/mol. The Morgan fingerprint density at radius 1 is 1.15 bits per heavy atom. The Morgan fingerprint density at radius 3 is 2.30 bits per heavy atom. The fourth-order valence-corrected chi connectivity index (χ4v) is 4.17. The largest absolute Gasteiger partial charge is 0.466 e. The lowest BCUT2D eigenvalue weighted by Gasteiger charge is -2.51. The predicted octanol–water partition coefficient (Wildman–Crippen LogP) is 2.31. The van der Waals surface area contributed by atoms with Gasteiger partial charge in [-0.15, -0.1) is 0 Å². The second kappa shape index (κ2) is 7.41. The van der Waals surface area contributed by atoms with Gasteiger partial charge in [-0.25, -0.2) is 0 Å². The van der Waals surface area contributed by atoms with Crippen LogP contribution in [0, 0.1) is 5.92 Å². The number of esters is 1. The molecule has 0 bridgehead atoms. The minimum Gasteiger partial charge on any atom is -0.466 e. The molecule has 0 spiro atoms. The second-order valence-corrected chi connectivity index (χ2v) is 6.25. The Balaban J connectivity index is 2.21. The number of nitrogens with two attached hydrogens (primary N) is 1. The standard InChI is InChI=1S/C16H30N2O2/c1-2-20-15(19)14(13-17)16(9-5-3-6-10-16)18-11-7-4-8-12-18/h14H,2-13,17H2,1H3/t14-/m0/s1. The molecule has 0 unspecified atom stereocenters. The molecular formula is C16H30N2O2. The number of likely N-dealkylation sites (tertiary alicyclic amines) is 1. The van der Waals surface area contributed by atoms with E-state index in [4.69, 9.17) is 10.5 Å². The number of carbonyl (C=O) groups excluding carboxylic acids is 1. The van der Waals surface area contributed by atoms with E-state index in [-0.39, 0.29) is 17.4 Å². The molecule has 0 amide bonds. The minimum absolute atomic E-state index is 0.0281. The highest BCUT2D eigenvalue weighted by atomic mass is 16.5. The summed E-state index contributed by atoms with van der Waals surface area (Å²) in [5.41, 5.74) is 5.97. The molecule has 4 heteroatoms. The molecule has 2 aliphatic rings. The SMILES string of the molecule is CCOC(=O)[C@H](CN)C1(N2CCCCC2)CCCCC1. The van der Waals surface area contributed by atoms with Gasteiger partial charge in [-0.05, 0) is 45.7 Å². The number of nitrogens with zero attached hydrogens (tertiary/aromatic N) is 1. The normalized spacial score (nSPS) is 25.1. The van der Waals surface area contributed by atoms with Gasteiger partial charge in [0.15, 0.2) is 0 Å². The molecule has 2 fully saturated rings. The van der Waals surface area contributed by atoms with Crippen molar-refractivity contribution >= 4 is 5.97 Å². The van der Waals surface area contributed by atoms with Crippen LogP contribution in [0.5, 0.6) is 0 Å². The van der Waals surface area contributed by atoms with Crippen molar-refractivity contribution in [3.05, 3.63) is 0 Å². The van der Waals surface area contributed by atoms with Crippen molar-refractivity contribution in [2.75, 3.05) is 26.2 Å². The van der Waals surface area contributed by atoms with E-state index in [0.717, 1.165) is 25.9 Å². The Hall–Kier alpha value is -0.610. The number of piperidine rings is 1. The summed E-state index contributed by atoms with van der Waals surface area (Å²) in [5, 5.41) is 0. The van der Waals surface area contributed by atoms with E-state index in [1.54, 1.807) is 0 Å². The van der Waals surface area contributed by atoms with Crippen LogP contribution in [0.15, 0.2) is 0 Å². The Labute approximate surface area is 123 Å². The van der Waals surface area contributed by atoms with Gasteiger partial charge in [0.25, 0.3) is 0 Å². The molecule has 0 aromatic carbocycles. The van der Waals surface area contributed by atoms with Crippen molar-refractivity contribution < 1.29 is 9.53 Å². The quantitative estimate of drug-likeness (QED) is 0.786. The summed E-state index contributed by atoms with van der Waals surface area (Å²) in [7, 11) is 0. The Bertz CT molecular complexity index is 308. The molecule has 1 saturated carbocycles. The zero-order valence-electron chi connectivity index (χ0n) is 12.9. The van der Waals surface area contributed by atoms with Crippen molar-refractivity contribution in [2.45, 2.75) is 63.8 Å². The number of hydrogen-bond acceptors (Lipinski definition) is 4. The third kappa shape index (κ3) is 3.17. The summed E-state index contributed by atoms with van der Waals surface area (Å²) in [6, 6.07) is 0. The smallest absolute Gasteiger partial charge is 0.312 e. The maximum absolute atomic E-state index is 12.4. The van der Waals surface area contributed by atoms with Crippen molar-refractivity contribution in [2.24, 2.45) is 11.7 Å². The van der Waals surface area contributed by atoms with E-state index < -0.39 is 0 Å². The van der Waals surface area contributed by atoms with Crippen LogP contribution in [-0.4, -0.2) is 42.6 Å². The lowest BCUT2D eigenvalue weighted by Crippen LogP contribution is -2.60. The molecule has 1 aliphatic heterocycles. The molecular weight excluding hydrogens is 252 g/mol. The van der Waals surface area contributed by atoms with E-state index in [1.165, 1.54) is 38.5 Å². The van der Waals surface area contributed by atoms with Gasteiger partial charge in [0.1, 0.15) is 0 Å². The zero-order valence-corrected chi connectivity index (χ0v) is 12.9. The van der Waals surface area contributed by atoms with Crippen LogP contribution in [0.25, 0.3) is 0 Å². The van der Waals surface area contributed by atoms with Crippen LogP contribution in [0.1, 0.15) is 58.3 Å². The van der Waals surface area contributed by atoms with Gasteiger partial charge in [-0.1, -0.05) is 25.7 Å². The summed E-state index contributed by atoms with van der Waals surface area (Å²) < 4.78 is 5.32. The van der Waals surface area contributed by atoms with Gasteiger partial charge >= 0.3 is 5.97 Å². The molecule has 4 nitrogen and oxygen atoms in total. The third-order valence-corrected chi connectivity index (χ3v) is 5.16. The van der Waals surface area contributed by atoms with Gasteiger partial charge in [0.2, 0.25) is 0 Å². The Morgan fingerprint density at radius 2 is 1.75 bits per heavy atom. The highest BCUT2D eigenvalue weighted by Crippen LogP contribution is 2.41. The van der Waals surface area contributed by atoms with Gasteiger partial charge in [0, 0.05) is 12.1 Å². The topological polar surface area (TPSA) is 55.6 Å². The van der Waals surface area contributed by atoms with E-state index >= 15 is 0 Å². The number of ether oxygens (including phenoxy) is 1. The first-order chi connectivity index (χ1) is 9.74. The van der Waals surface area contributed by atoms with Crippen LogP contribution < -0.4 is 5.73 Å². The van der Waals surface area contributed by atoms with E-state index in [0.29, 0.717) is 13.2 Å². The fourth-order valence-electron chi connectivity index (χ4n) is 4.17. The summed E-state index contributed by atoms with van der Waals surface area (Å²) in [6.07, 6.45) is 9.75. The first-order valence-corrected chi connectivity index (χ1v) is 8.36. The van der Waals surface area contributed by atoms with Crippen molar-refractivity contribution in [3.63, 3.8) is 0 Å². The van der Waals surface area contributed by atoms with Gasteiger partial charge in [-0.2, -0.15) is 0 Å². The Kier molecular flexibility index (Phi) is 5.85. The molecule has 2 rings (SSSR count). The van der Waals surface area contributed by atoms with Gasteiger partial charge in [-0.3, -0.25) is 9.69 Å². The molecule has 0 aromatic heterocycles. The summed E-state index contributed by atoms with van der Waals surface area (Å²) in [4.78, 5) is 15.0. The van der Waals surface area contributed by atoms with Crippen LogP contribution in [-0.2, 0) is 9.53 Å². The highest BCUT2D eigenvalue weighted by molar-refractivity contribution is 5.74. The maximum Gasteiger partial charge on any atom is 0.312 e. The maximum atomic E-state index is 12.4. The summed E-state index contributed by atoms with van der Waals surface area (Å²) in [5.74, 6) is -0.233. The fraction of sp³-hybridized carbons (Fsp3) is 0.938. The van der Waals surface area contributed by atoms with Gasteiger partial charge < -0.3 is 10.5 Å². The molecule has 2 N–H and O–H groups in total. The molecule has 0 aromatic rings. The third-order valence-electron chi connectivity index (χ3n) is 5.16. The molecule has 20 heavy (non-hydrogen) atoms. The molecule has 1 aliphatic carbocycles. The molecule has 1 heterocycles. The molecule has 0 radical (unpaired) electrons. The van der Waals surface area contributed by atoms with Crippen LogP contribution in [0.4, 0.5) is 0 Å². The summed E-state index contributed by atoms with van der Waals surface area (Å²) in [6.45, 7) is 4.98. The molecule has 116 valence electrons. The zero-order chi connectivity index (χ0) is 14.4. The molecule has 1 atom stereocenters. The first kappa shape index (κ1) is 15.8. The van der Waals surface area contributed by atoms with E-state index in [2.05, 4.69) is 4.90 Å². The van der Waals surface area contributed by atoms with Crippen LogP contribution in [0.3, 0.4) is 0 Å². The number of carbonyl (C=O) groups is 1. The molecule has 1 saturated heterocycles. The van der Waals surface area contributed by atoms with Crippen molar-refractivity contribution in [1.82, 2.24) is 4.90 Å². The lowest BCUT2D eigenvalue weighted by atomic mass is 9.70. The van der Waals surface area contributed by atoms with Crippen molar-refractivity contribution in [1.29, 1.82) is 0 Å². The summed E-state index contributed by atoms with van der Waals surface area (Å²) >= 11 is 0. The van der Waals surface area contributed by atoms with Crippen molar-refractivity contribution in [3.8, 4) is 0 Å². The first-order valence-electron chi connectivity index (χ1n) is 8.36. The van der Waals surface area contributed by atoms with Crippen LogP contribution in [0.2, 0.25) is 0 Å². The lowest BCUT2D eigenvalue weighted by molar-refractivity contribution is -0.156. The number of hydrogen-bond donors (Lipinski definition) is 1. The second-order valence-electron chi connectivity index (χ2n) is 6.25. The highest BCUT2D eigenvalue weighted by Gasteiger charge is 2.47. The van der Waals surface area contributed by atoms with Crippen LogP contribution >= 0.6 is 0 Å². The average Bonchev–Trinajstić information content (AvgIpc) is 2.50. The minimum atomic E-state index is -0.152. The van der Waals surface area contributed by atoms with E-state index in [1.807, 2.05) is 6.92 Å².